The van der Waals surface area contributed by atoms with Gasteiger partial charge in [-0.3, -0.25) is 0 Å². The van der Waals surface area contributed by atoms with E-state index in [1.54, 1.807) is 19.4 Å². The van der Waals surface area contributed by atoms with Crippen molar-refractivity contribution in [3.63, 3.8) is 0 Å². The Morgan fingerprint density at radius 2 is 1.88 bits per heavy atom. The van der Waals surface area contributed by atoms with Crippen LogP contribution >= 0.6 is 11.6 Å². The molecule has 0 saturated carbocycles. The first-order valence-electron chi connectivity index (χ1n) is 7.82. The predicted octanol–water partition coefficient (Wildman–Crippen LogP) is 3.93. The van der Waals surface area contributed by atoms with Gasteiger partial charge in [-0.05, 0) is 36.2 Å². The molecule has 7 heteroatoms. The number of halogens is 1. The number of anilines is 3. The predicted molar refractivity (Wildman–Crippen MR) is 99.7 cm³/mol. The standard InChI is InChI=1S/C18H18ClN5O/c1-25-14-8-6-13(7-9-14)10-11-20-17-12-21-24-18(23-17)22-16-5-3-2-4-15(16)19/h2-9,12H,10-11H2,1H3,(H2,20,22,23,24). The molecule has 128 valence electrons. The summed E-state index contributed by atoms with van der Waals surface area (Å²) in [5, 5.41) is 14.8. The van der Waals surface area contributed by atoms with E-state index in [0.29, 0.717) is 16.8 Å². The lowest BCUT2D eigenvalue weighted by Crippen LogP contribution is -2.08. The van der Waals surface area contributed by atoms with Crippen LogP contribution in [-0.2, 0) is 6.42 Å². The molecule has 0 atom stereocenters. The van der Waals surface area contributed by atoms with E-state index in [2.05, 4.69) is 25.8 Å². The quantitative estimate of drug-likeness (QED) is 0.669. The Morgan fingerprint density at radius 1 is 1.08 bits per heavy atom. The first kappa shape index (κ1) is 17.0. The lowest BCUT2D eigenvalue weighted by molar-refractivity contribution is 0.414. The number of rotatable bonds is 7. The highest BCUT2D eigenvalue weighted by Gasteiger charge is 2.04. The van der Waals surface area contributed by atoms with Crippen LogP contribution in [0.2, 0.25) is 5.02 Å². The van der Waals surface area contributed by atoms with E-state index in [4.69, 9.17) is 16.3 Å². The molecule has 2 N–H and O–H groups in total. The van der Waals surface area contributed by atoms with Crippen LogP contribution in [0.5, 0.6) is 5.75 Å². The summed E-state index contributed by atoms with van der Waals surface area (Å²) in [4.78, 5) is 4.39. The number of hydrogen-bond donors (Lipinski definition) is 2. The van der Waals surface area contributed by atoms with Crippen LogP contribution in [0.3, 0.4) is 0 Å². The van der Waals surface area contributed by atoms with Gasteiger partial charge in [0.15, 0.2) is 5.82 Å². The number of para-hydroxylation sites is 1. The van der Waals surface area contributed by atoms with E-state index in [-0.39, 0.29) is 0 Å². The van der Waals surface area contributed by atoms with E-state index < -0.39 is 0 Å². The lowest BCUT2D eigenvalue weighted by atomic mass is 10.1. The van der Waals surface area contributed by atoms with Crippen molar-refractivity contribution in [2.45, 2.75) is 6.42 Å². The molecule has 0 amide bonds. The molecule has 6 nitrogen and oxygen atoms in total. The smallest absolute Gasteiger partial charge is 0.249 e. The molecule has 0 unspecified atom stereocenters. The highest BCUT2D eigenvalue weighted by molar-refractivity contribution is 6.33. The normalized spacial score (nSPS) is 10.3. The number of nitrogens with zero attached hydrogens (tertiary/aromatic N) is 3. The molecule has 1 heterocycles. The van der Waals surface area contributed by atoms with Crippen molar-refractivity contribution in [3.05, 3.63) is 65.3 Å². The maximum atomic E-state index is 6.12. The minimum absolute atomic E-state index is 0.391. The van der Waals surface area contributed by atoms with Crippen LogP contribution in [0.15, 0.2) is 54.7 Å². The molecule has 0 aliphatic rings. The second-order valence-corrected chi connectivity index (χ2v) is 5.70. The van der Waals surface area contributed by atoms with Gasteiger partial charge in [0.1, 0.15) is 5.75 Å². The average molecular weight is 356 g/mol. The zero-order chi connectivity index (χ0) is 17.5. The summed E-state index contributed by atoms with van der Waals surface area (Å²) in [7, 11) is 1.66. The van der Waals surface area contributed by atoms with Gasteiger partial charge in [-0.1, -0.05) is 35.9 Å². The third kappa shape index (κ3) is 4.81. The molecule has 0 fully saturated rings. The Morgan fingerprint density at radius 3 is 2.64 bits per heavy atom. The minimum Gasteiger partial charge on any atom is -0.497 e. The van der Waals surface area contributed by atoms with Crippen LogP contribution < -0.4 is 15.4 Å². The zero-order valence-electron chi connectivity index (χ0n) is 13.7. The molecule has 0 spiro atoms. The van der Waals surface area contributed by atoms with E-state index in [1.807, 2.05) is 42.5 Å². The molecule has 0 aliphatic heterocycles. The summed E-state index contributed by atoms with van der Waals surface area (Å²) in [5.41, 5.74) is 1.95. The first-order valence-corrected chi connectivity index (χ1v) is 8.20. The number of nitrogens with one attached hydrogen (secondary N) is 2. The summed E-state index contributed by atoms with van der Waals surface area (Å²) in [6.07, 6.45) is 2.45. The number of ether oxygens (including phenoxy) is 1. The molecule has 3 rings (SSSR count). The molecule has 0 radical (unpaired) electrons. The van der Waals surface area contributed by atoms with Crippen LogP contribution in [0.1, 0.15) is 5.56 Å². The third-order valence-electron chi connectivity index (χ3n) is 3.56. The molecule has 25 heavy (non-hydrogen) atoms. The monoisotopic (exact) mass is 355 g/mol. The van der Waals surface area contributed by atoms with Gasteiger partial charge in [-0.2, -0.15) is 10.1 Å². The van der Waals surface area contributed by atoms with Crippen molar-refractivity contribution in [1.29, 1.82) is 0 Å². The Bertz CT molecular complexity index is 826. The van der Waals surface area contributed by atoms with E-state index in [1.165, 1.54) is 5.56 Å². The fraction of sp³-hybridized carbons (Fsp3) is 0.167. The topological polar surface area (TPSA) is 72.0 Å². The summed E-state index contributed by atoms with van der Waals surface area (Å²) in [6.45, 7) is 0.733. The van der Waals surface area contributed by atoms with Gasteiger partial charge < -0.3 is 15.4 Å². The molecular formula is C18H18ClN5O. The number of hydrogen-bond acceptors (Lipinski definition) is 6. The molecule has 1 aromatic heterocycles. The fourth-order valence-corrected chi connectivity index (χ4v) is 2.43. The maximum absolute atomic E-state index is 6.12. The van der Waals surface area contributed by atoms with Crippen LogP contribution in [0.25, 0.3) is 0 Å². The number of methoxy groups -OCH3 is 1. The largest absolute Gasteiger partial charge is 0.497 e. The fourth-order valence-electron chi connectivity index (χ4n) is 2.25. The molecule has 3 aromatic rings. The van der Waals surface area contributed by atoms with Crippen molar-refractivity contribution >= 4 is 29.1 Å². The summed E-state index contributed by atoms with van der Waals surface area (Å²) >= 11 is 6.12. The van der Waals surface area contributed by atoms with Gasteiger partial charge >= 0.3 is 0 Å². The summed E-state index contributed by atoms with van der Waals surface area (Å²) in [5.74, 6) is 1.90. The summed E-state index contributed by atoms with van der Waals surface area (Å²) < 4.78 is 5.16. The lowest BCUT2D eigenvalue weighted by Gasteiger charge is -2.09. The highest BCUT2D eigenvalue weighted by atomic mass is 35.5. The van der Waals surface area contributed by atoms with Crippen molar-refractivity contribution in [2.75, 3.05) is 24.3 Å². The van der Waals surface area contributed by atoms with E-state index in [0.717, 1.165) is 24.4 Å². The molecule has 0 bridgehead atoms. The maximum Gasteiger partial charge on any atom is 0.249 e. The number of benzene rings is 2. The Balaban J connectivity index is 1.57. The second kappa shape index (κ2) is 8.30. The average Bonchev–Trinajstić information content (AvgIpc) is 2.65. The molecule has 2 aromatic carbocycles. The van der Waals surface area contributed by atoms with Crippen molar-refractivity contribution in [2.24, 2.45) is 0 Å². The molecule has 0 saturated heterocycles. The Labute approximate surface area is 151 Å². The zero-order valence-corrected chi connectivity index (χ0v) is 14.5. The SMILES string of the molecule is COc1ccc(CCNc2cnnc(Nc3ccccc3Cl)n2)cc1. The third-order valence-corrected chi connectivity index (χ3v) is 3.89. The van der Waals surface area contributed by atoms with Gasteiger partial charge in [0.05, 0.1) is 24.0 Å². The van der Waals surface area contributed by atoms with Gasteiger partial charge in [0.25, 0.3) is 0 Å². The molecular weight excluding hydrogens is 338 g/mol. The van der Waals surface area contributed by atoms with Crippen LogP contribution in [-0.4, -0.2) is 28.8 Å². The first-order chi connectivity index (χ1) is 12.2. The van der Waals surface area contributed by atoms with E-state index >= 15 is 0 Å². The highest BCUT2D eigenvalue weighted by Crippen LogP contribution is 2.23. The second-order valence-electron chi connectivity index (χ2n) is 5.29. The van der Waals surface area contributed by atoms with Crippen LogP contribution in [0.4, 0.5) is 17.5 Å². The Kier molecular flexibility index (Phi) is 5.64. The van der Waals surface area contributed by atoms with Gasteiger partial charge in [0.2, 0.25) is 5.95 Å². The van der Waals surface area contributed by atoms with Crippen molar-refractivity contribution in [1.82, 2.24) is 15.2 Å². The number of aromatic nitrogens is 3. The van der Waals surface area contributed by atoms with Gasteiger partial charge in [-0.25, -0.2) is 0 Å². The van der Waals surface area contributed by atoms with Gasteiger partial charge in [0, 0.05) is 6.54 Å². The van der Waals surface area contributed by atoms with Crippen molar-refractivity contribution < 1.29 is 4.74 Å². The van der Waals surface area contributed by atoms with Crippen LogP contribution in [0, 0.1) is 0 Å². The summed E-state index contributed by atoms with van der Waals surface area (Å²) in [6, 6.07) is 15.4. The molecule has 0 aliphatic carbocycles. The Hall–Kier alpha value is -2.86. The van der Waals surface area contributed by atoms with Gasteiger partial charge in [-0.15, -0.1) is 5.10 Å². The van der Waals surface area contributed by atoms with E-state index in [9.17, 15) is 0 Å². The van der Waals surface area contributed by atoms with Crippen molar-refractivity contribution in [3.8, 4) is 5.75 Å². The minimum atomic E-state index is 0.391.